The Kier molecular flexibility index (Phi) is 3.03. The average molecular weight is 257 g/mol. The summed E-state index contributed by atoms with van der Waals surface area (Å²) < 4.78 is 0. The minimum Gasteiger partial charge on any atom is -0.358 e. The molecule has 1 aliphatic heterocycles. The summed E-state index contributed by atoms with van der Waals surface area (Å²) >= 11 is 0. The van der Waals surface area contributed by atoms with Crippen LogP contribution in [0.25, 0.3) is 10.9 Å². The predicted octanol–water partition coefficient (Wildman–Crippen LogP) is 2.33. The lowest BCUT2D eigenvalue weighted by Crippen LogP contribution is -2.24. The van der Waals surface area contributed by atoms with E-state index in [2.05, 4.69) is 35.5 Å². The lowest BCUT2D eigenvalue weighted by Gasteiger charge is -2.10. The number of anilines is 1. The van der Waals surface area contributed by atoms with Gasteiger partial charge in [-0.25, -0.2) is 0 Å². The molecule has 4 heteroatoms. The summed E-state index contributed by atoms with van der Waals surface area (Å²) in [5.41, 5.74) is 4.43. The molecule has 1 aromatic heterocycles. The van der Waals surface area contributed by atoms with Crippen molar-refractivity contribution in [3.8, 4) is 0 Å². The van der Waals surface area contributed by atoms with Crippen molar-refractivity contribution in [2.24, 2.45) is 5.92 Å². The largest absolute Gasteiger partial charge is 0.358 e. The number of carbonyl (C=O) groups is 1. The van der Waals surface area contributed by atoms with E-state index in [1.165, 1.54) is 16.6 Å². The van der Waals surface area contributed by atoms with Gasteiger partial charge in [0.15, 0.2) is 0 Å². The summed E-state index contributed by atoms with van der Waals surface area (Å²) in [7, 11) is 0. The second-order valence-corrected chi connectivity index (χ2v) is 5.31. The number of aromatic amines is 1. The van der Waals surface area contributed by atoms with Gasteiger partial charge in [-0.05, 0) is 50.6 Å². The van der Waals surface area contributed by atoms with Crippen molar-refractivity contribution in [1.29, 1.82) is 0 Å². The molecule has 0 bridgehead atoms. The van der Waals surface area contributed by atoms with Gasteiger partial charge in [-0.15, -0.1) is 0 Å². The fourth-order valence-electron chi connectivity index (χ4n) is 2.66. The standard InChI is InChI=1S/C15H19N3O/c1-9-10(2)17-14-4-3-12(7-13(9)14)18-15(19)11-5-6-16-8-11/h3-4,7,11,16-17H,5-6,8H2,1-2H3,(H,18,19)/t11-/m1/s1. The number of benzene rings is 1. The molecular weight excluding hydrogens is 238 g/mol. The first-order chi connectivity index (χ1) is 9.15. The van der Waals surface area contributed by atoms with Crippen LogP contribution in [-0.2, 0) is 4.79 Å². The Hall–Kier alpha value is -1.81. The topological polar surface area (TPSA) is 56.9 Å². The number of H-pyrrole nitrogens is 1. The number of hydrogen-bond donors (Lipinski definition) is 3. The van der Waals surface area contributed by atoms with Gasteiger partial charge in [-0.2, -0.15) is 0 Å². The van der Waals surface area contributed by atoms with Gasteiger partial charge in [0, 0.05) is 28.8 Å². The smallest absolute Gasteiger partial charge is 0.228 e. The van der Waals surface area contributed by atoms with Gasteiger partial charge in [-0.1, -0.05) is 0 Å². The van der Waals surface area contributed by atoms with Crippen molar-refractivity contribution in [2.75, 3.05) is 18.4 Å². The summed E-state index contributed by atoms with van der Waals surface area (Å²) in [5, 5.41) is 7.42. The molecule has 2 aromatic rings. The predicted molar refractivity (Wildman–Crippen MR) is 77.4 cm³/mol. The minimum absolute atomic E-state index is 0.102. The van der Waals surface area contributed by atoms with Crippen LogP contribution in [0.5, 0.6) is 0 Å². The van der Waals surface area contributed by atoms with E-state index in [1.807, 2.05) is 12.1 Å². The Morgan fingerprint density at radius 1 is 1.37 bits per heavy atom. The molecule has 4 nitrogen and oxygen atoms in total. The maximum Gasteiger partial charge on any atom is 0.228 e. The molecule has 19 heavy (non-hydrogen) atoms. The summed E-state index contributed by atoms with van der Waals surface area (Å²) in [6.45, 7) is 5.89. The number of carbonyl (C=O) groups excluding carboxylic acids is 1. The SMILES string of the molecule is Cc1[nH]c2ccc(NC(=O)[C@@H]3CCNC3)cc2c1C. The second kappa shape index (κ2) is 4.70. The van der Waals surface area contributed by atoms with Gasteiger partial charge in [0.1, 0.15) is 0 Å². The summed E-state index contributed by atoms with van der Waals surface area (Å²) in [6.07, 6.45) is 0.927. The lowest BCUT2D eigenvalue weighted by atomic mass is 10.1. The van der Waals surface area contributed by atoms with Gasteiger partial charge in [0.05, 0.1) is 5.92 Å². The van der Waals surface area contributed by atoms with Crippen molar-refractivity contribution in [2.45, 2.75) is 20.3 Å². The van der Waals surface area contributed by atoms with Crippen LogP contribution in [0.2, 0.25) is 0 Å². The average Bonchev–Trinajstić information content (AvgIpc) is 3.01. The zero-order valence-electron chi connectivity index (χ0n) is 11.3. The van der Waals surface area contributed by atoms with Gasteiger partial charge in [0.25, 0.3) is 0 Å². The summed E-state index contributed by atoms with van der Waals surface area (Å²) in [4.78, 5) is 15.4. The first-order valence-corrected chi connectivity index (χ1v) is 6.75. The highest BCUT2D eigenvalue weighted by atomic mass is 16.1. The zero-order chi connectivity index (χ0) is 13.4. The third-order valence-corrected chi connectivity index (χ3v) is 4.01. The monoisotopic (exact) mass is 257 g/mol. The van der Waals surface area contributed by atoms with E-state index in [4.69, 9.17) is 0 Å². The Balaban J connectivity index is 1.84. The molecule has 0 radical (unpaired) electrons. The highest BCUT2D eigenvalue weighted by molar-refractivity contribution is 5.96. The van der Waals surface area contributed by atoms with Crippen LogP contribution in [0.4, 0.5) is 5.69 Å². The third-order valence-electron chi connectivity index (χ3n) is 4.01. The zero-order valence-corrected chi connectivity index (χ0v) is 11.3. The van der Waals surface area contributed by atoms with Crippen molar-refractivity contribution in [3.05, 3.63) is 29.5 Å². The van der Waals surface area contributed by atoms with Crippen molar-refractivity contribution < 1.29 is 4.79 Å². The number of amides is 1. The van der Waals surface area contributed by atoms with Crippen LogP contribution in [0.15, 0.2) is 18.2 Å². The molecule has 0 spiro atoms. The van der Waals surface area contributed by atoms with Gasteiger partial charge in [-0.3, -0.25) is 4.79 Å². The molecule has 1 aromatic carbocycles. The van der Waals surface area contributed by atoms with Crippen LogP contribution >= 0.6 is 0 Å². The summed E-state index contributed by atoms with van der Waals surface area (Å²) in [6, 6.07) is 6.03. The minimum atomic E-state index is 0.102. The first kappa shape index (κ1) is 12.2. The number of nitrogens with one attached hydrogen (secondary N) is 3. The molecule has 0 unspecified atom stereocenters. The lowest BCUT2D eigenvalue weighted by molar-refractivity contribution is -0.119. The molecule has 1 atom stereocenters. The van der Waals surface area contributed by atoms with Gasteiger partial charge >= 0.3 is 0 Å². The molecule has 0 saturated carbocycles. The van der Waals surface area contributed by atoms with Crippen molar-refractivity contribution in [1.82, 2.24) is 10.3 Å². The molecule has 1 aliphatic rings. The fraction of sp³-hybridized carbons (Fsp3) is 0.400. The molecule has 3 rings (SSSR count). The van der Waals surface area contributed by atoms with E-state index in [0.29, 0.717) is 0 Å². The Morgan fingerprint density at radius 3 is 2.95 bits per heavy atom. The number of rotatable bonds is 2. The van der Waals surface area contributed by atoms with Gasteiger partial charge in [0.2, 0.25) is 5.91 Å². The van der Waals surface area contributed by atoms with Gasteiger partial charge < -0.3 is 15.6 Å². The molecule has 1 amide bonds. The van der Waals surface area contributed by atoms with E-state index in [9.17, 15) is 4.79 Å². The third kappa shape index (κ3) is 2.24. The molecular formula is C15H19N3O. The van der Waals surface area contributed by atoms with E-state index >= 15 is 0 Å². The van der Waals surface area contributed by atoms with Crippen LogP contribution in [0.1, 0.15) is 17.7 Å². The van der Waals surface area contributed by atoms with Crippen LogP contribution in [-0.4, -0.2) is 24.0 Å². The molecule has 0 aliphatic carbocycles. The quantitative estimate of drug-likeness (QED) is 0.773. The second-order valence-electron chi connectivity index (χ2n) is 5.31. The molecule has 100 valence electrons. The molecule has 2 heterocycles. The fourth-order valence-corrected chi connectivity index (χ4v) is 2.66. The Labute approximate surface area is 112 Å². The Bertz CT molecular complexity index is 624. The van der Waals surface area contributed by atoms with Crippen LogP contribution < -0.4 is 10.6 Å². The highest BCUT2D eigenvalue weighted by Crippen LogP contribution is 2.25. The van der Waals surface area contributed by atoms with Crippen molar-refractivity contribution in [3.63, 3.8) is 0 Å². The highest BCUT2D eigenvalue weighted by Gasteiger charge is 2.22. The van der Waals surface area contributed by atoms with Crippen LogP contribution in [0.3, 0.4) is 0 Å². The first-order valence-electron chi connectivity index (χ1n) is 6.75. The van der Waals surface area contributed by atoms with E-state index in [0.717, 1.165) is 30.7 Å². The number of hydrogen-bond acceptors (Lipinski definition) is 2. The van der Waals surface area contributed by atoms with E-state index < -0.39 is 0 Å². The number of aryl methyl sites for hydroxylation is 2. The number of aromatic nitrogens is 1. The van der Waals surface area contributed by atoms with Crippen molar-refractivity contribution >= 4 is 22.5 Å². The Morgan fingerprint density at radius 2 is 2.21 bits per heavy atom. The maximum atomic E-state index is 12.1. The molecule has 3 N–H and O–H groups in total. The molecule has 1 fully saturated rings. The van der Waals surface area contributed by atoms with Crippen LogP contribution in [0, 0.1) is 19.8 Å². The van der Waals surface area contributed by atoms with E-state index in [1.54, 1.807) is 0 Å². The normalized spacial score (nSPS) is 18.9. The number of fused-ring (bicyclic) bond motifs is 1. The molecule has 1 saturated heterocycles. The maximum absolute atomic E-state index is 12.1. The van der Waals surface area contributed by atoms with E-state index in [-0.39, 0.29) is 11.8 Å². The summed E-state index contributed by atoms with van der Waals surface area (Å²) in [5.74, 6) is 0.221.